The number of amides is 2. The Morgan fingerprint density at radius 3 is 2.59 bits per heavy atom. The molecule has 0 aliphatic heterocycles. The molecule has 0 bridgehead atoms. The van der Waals surface area contributed by atoms with Gasteiger partial charge in [0.15, 0.2) is 0 Å². The number of nitrogens with one attached hydrogen (secondary N) is 3. The van der Waals surface area contributed by atoms with E-state index in [1.54, 1.807) is 6.07 Å². The third kappa shape index (κ3) is 8.48. The minimum absolute atomic E-state index is 0.0264. The number of carbonyl (C=O) groups is 2. The average molecular weight is 540 g/mol. The predicted octanol–water partition coefficient (Wildman–Crippen LogP) is 4.46. The summed E-state index contributed by atoms with van der Waals surface area (Å²) < 4.78 is 49.4. The maximum Gasteiger partial charge on any atom is 0.414 e. The van der Waals surface area contributed by atoms with Crippen molar-refractivity contribution in [3.05, 3.63) is 71.0 Å². The first kappa shape index (κ1) is 28.0. The zero-order chi connectivity index (χ0) is 26.8. The second-order valence-corrected chi connectivity index (χ2v) is 8.18. The highest BCUT2D eigenvalue weighted by Gasteiger charge is 2.24. The molecule has 0 saturated heterocycles. The summed E-state index contributed by atoms with van der Waals surface area (Å²) in [6, 6.07) is 13.9. The van der Waals surface area contributed by atoms with Crippen LogP contribution in [0.3, 0.4) is 0 Å². The van der Waals surface area contributed by atoms with E-state index in [2.05, 4.69) is 21.2 Å². The minimum Gasteiger partial charge on any atom is -0.447 e. The van der Waals surface area contributed by atoms with Crippen molar-refractivity contribution in [2.75, 3.05) is 25.0 Å². The van der Waals surface area contributed by atoms with Crippen LogP contribution in [-0.2, 0) is 16.1 Å². The molecule has 0 aliphatic carbocycles. The fourth-order valence-electron chi connectivity index (χ4n) is 3.32. The molecule has 2 aromatic carbocycles. The summed E-state index contributed by atoms with van der Waals surface area (Å²) in [5.74, 6) is -1.10. The van der Waals surface area contributed by atoms with Crippen LogP contribution in [0.5, 0.6) is 0 Å². The molecule has 3 rings (SSSR count). The standard InChI is InChI=1S/C24H25ClF3N5O4/c1-15(34)33(30-11-17-8-5-9-19(26)23(17)25)18(12-29-13-21(27)28)14-36-24(35)31-22-10-20(32-37-22)16-6-3-2-4-7-16/h2-10,18,21,29-30H,11-14H2,1H3,(H,31,35)/t18-/m0/s1. The fourth-order valence-corrected chi connectivity index (χ4v) is 3.52. The van der Waals surface area contributed by atoms with E-state index >= 15 is 0 Å². The first-order valence-electron chi connectivity index (χ1n) is 11.2. The van der Waals surface area contributed by atoms with E-state index < -0.39 is 36.8 Å². The first-order valence-corrected chi connectivity index (χ1v) is 11.5. The number of hydrogen-bond acceptors (Lipinski definition) is 7. The van der Waals surface area contributed by atoms with E-state index in [4.69, 9.17) is 20.9 Å². The molecule has 0 fully saturated rings. The number of halogens is 4. The average Bonchev–Trinajstić information content (AvgIpc) is 3.33. The number of anilines is 1. The molecule has 1 atom stereocenters. The van der Waals surface area contributed by atoms with Gasteiger partial charge < -0.3 is 14.6 Å². The van der Waals surface area contributed by atoms with Gasteiger partial charge in [-0.25, -0.2) is 23.4 Å². The van der Waals surface area contributed by atoms with Crippen LogP contribution in [-0.4, -0.2) is 54.3 Å². The summed E-state index contributed by atoms with van der Waals surface area (Å²) in [5, 5.41) is 9.78. The van der Waals surface area contributed by atoms with Gasteiger partial charge >= 0.3 is 6.09 Å². The van der Waals surface area contributed by atoms with Crippen molar-refractivity contribution >= 4 is 29.5 Å². The summed E-state index contributed by atoms with van der Waals surface area (Å²) >= 11 is 5.97. The molecule has 0 aliphatic rings. The Morgan fingerprint density at radius 2 is 1.89 bits per heavy atom. The third-order valence-corrected chi connectivity index (χ3v) is 5.49. The summed E-state index contributed by atoms with van der Waals surface area (Å²) in [5.41, 5.74) is 4.44. The monoisotopic (exact) mass is 539 g/mol. The van der Waals surface area contributed by atoms with Crippen molar-refractivity contribution in [2.24, 2.45) is 0 Å². The van der Waals surface area contributed by atoms with Gasteiger partial charge in [-0.3, -0.25) is 15.1 Å². The molecular formula is C24H25ClF3N5O4. The van der Waals surface area contributed by atoms with Crippen molar-refractivity contribution < 1.29 is 32.0 Å². The number of carbonyl (C=O) groups excluding carboxylic acids is 2. The SMILES string of the molecule is CC(=O)N(NCc1cccc(F)c1Cl)[C@@H](CNCC(F)F)COC(=O)Nc1cc(-c2ccccc2)no1. The Hall–Kier alpha value is -3.61. The topological polar surface area (TPSA) is 109 Å². The largest absolute Gasteiger partial charge is 0.447 e. The second-order valence-electron chi connectivity index (χ2n) is 7.81. The lowest BCUT2D eigenvalue weighted by Gasteiger charge is -2.31. The Labute approximate surface area is 215 Å². The summed E-state index contributed by atoms with van der Waals surface area (Å²) in [7, 11) is 0. The van der Waals surface area contributed by atoms with Crippen molar-refractivity contribution in [2.45, 2.75) is 25.9 Å². The number of hydrazine groups is 1. The third-order valence-electron chi connectivity index (χ3n) is 5.07. The molecule has 3 N–H and O–H groups in total. The van der Waals surface area contributed by atoms with Crippen molar-refractivity contribution in [3.63, 3.8) is 0 Å². The van der Waals surface area contributed by atoms with Crippen LogP contribution < -0.4 is 16.1 Å². The molecule has 0 unspecified atom stereocenters. The Morgan fingerprint density at radius 1 is 1.14 bits per heavy atom. The van der Waals surface area contributed by atoms with E-state index in [0.29, 0.717) is 11.3 Å². The Bertz CT molecular complexity index is 1180. The Kier molecular flexibility index (Phi) is 10.3. The molecule has 2 amide bonds. The molecule has 198 valence electrons. The molecule has 3 aromatic rings. The van der Waals surface area contributed by atoms with Gasteiger partial charge in [0.1, 0.15) is 18.1 Å². The highest BCUT2D eigenvalue weighted by molar-refractivity contribution is 6.31. The summed E-state index contributed by atoms with van der Waals surface area (Å²) in [6.07, 6.45) is -3.54. The Balaban J connectivity index is 1.63. The predicted molar refractivity (Wildman–Crippen MR) is 130 cm³/mol. The molecule has 0 spiro atoms. The van der Waals surface area contributed by atoms with E-state index in [-0.39, 0.29) is 30.6 Å². The number of nitrogens with zero attached hydrogens (tertiary/aromatic N) is 2. The van der Waals surface area contributed by atoms with Gasteiger partial charge in [-0.1, -0.05) is 59.2 Å². The van der Waals surface area contributed by atoms with Gasteiger partial charge in [-0.2, -0.15) is 0 Å². The van der Waals surface area contributed by atoms with Crippen LogP contribution in [0.25, 0.3) is 11.3 Å². The zero-order valence-corrected chi connectivity index (χ0v) is 20.5. The lowest BCUT2D eigenvalue weighted by atomic mass is 10.2. The van der Waals surface area contributed by atoms with E-state index in [1.807, 2.05) is 30.3 Å². The minimum atomic E-state index is -2.63. The zero-order valence-electron chi connectivity index (χ0n) is 19.7. The molecule has 37 heavy (non-hydrogen) atoms. The molecule has 0 radical (unpaired) electrons. The van der Waals surface area contributed by atoms with Crippen LogP contribution in [0.4, 0.5) is 23.8 Å². The van der Waals surface area contributed by atoms with Gasteiger partial charge in [-0.05, 0) is 11.6 Å². The van der Waals surface area contributed by atoms with Crippen LogP contribution in [0.15, 0.2) is 59.1 Å². The molecular weight excluding hydrogens is 515 g/mol. The van der Waals surface area contributed by atoms with Gasteiger partial charge in [0.25, 0.3) is 6.43 Å². The molecule has 9 nitrogen and oxygen atoms in total. The maximum atomic E-state index is 13.8. The first-order chi connectivity index (χ1) is 17.7. The lowest BCUT2D eigenvalue weighted by Crippen LogP contribution is -2.54. The number of benzene rings is 2. The van der Waals surface area contributed by atoms with E-state index in [9.17, 15) is 22.8 Å². The van der Waals surface area contributed by atoms with Crippen LogP contribution in [0.1, 0.15) is 12.5 Å². The molecule has 13 heteroatoms. The van der Waals surface area contributed by atoms with Gasteiger partial charge in [0.2, 0.25) is 11.8 Å². The highest BCUT2D eigenvalue weighted by Crippen LogP contribution is 2.22. The van der Waals surface area contributed by atoms with Crippen LogP contribution >= 0.6 is 11.6 Å². The summed E-state index contributed by atoms with van der Waals surface area (Å²) in [6.45, 7) is 0.0469. The molecule has 0 saturated carbocycles. The molecule has 1 aromatic heterocycles. The van der Waals surface area contributed by atoms with Crippen LogP contribution in [0.2, 0.25) is 5.02 Å². The highest BCUT2D eigenvalue weighted by atomic mass is 35.5. The van der Waals surface area contributed by atoms with Gasteiger partial charge in [0, 0.05) is 31.6 Å². The maximum absolute atomic E-state index is 13.8. The quantitative estimate of drug-likeness (QED) is 0.292. The van der Waals surface area contributed by atoms with Crippen molar-refractivity contribution in [1.82, 2.24) is 20.9 Å². The second kappa shape index (κ2) is 13.6. The van der Waals surface area contributed by atoms with Gasteiger partial charge in [0.05, 0.1) is 17.6 Å². The van der Waals surface area contributed by atoms with Crippen LogP contribution in [0, 0.1) is 5.82 Å². The van der Waals surface area contributed by atoms with E-state index in [0.717, 1.165) is 10.6 Å². The number of rotatable bonds is 12. The fraction of sp³-hybridized carbons (Fsp3) is 0.292. The number of hydrogen-bond donors (Lipinski definition) is 3. The normalized spacial score (nSPS) is 11.8. The summed E-state index contributed by atoms with van der Waals surface area (Å²) in [4.78, 5) is 24.7. The number of aromatic nitrogens is 1. The number of alkyl halides is 2. The van der Waals surface area contributed by atoms with E-state index in [1.165, 1.54) is 25.1 Å². The van der Waals surface area contributed by atoms with Crippen molar-refractivity contribution in [3.8, 4) is 11.3 Å². The number of ether oxygens (including phenoxy) is 1. The van der Waals surface area contributed by atoms with Crippen molar-refractivity contribution in [1.29, 1.82) is 0 Å². The molecule has 1 heterocycles. The lowest BCUT2D eigenvalue weighted by molar-refractivity contribution is -0.136. The smallest absolute Gasteiger partial charge is 0.414 e. The van der Waals surface area contributed by atoms with Gasteiger partial charge in [-0.15, -0.1) is 0 Å².